The molecule has 90 valence electrons. The fraction of sp³-hybridized carbons (Fsp3) is 0.500. The van der Waals surface area contributed by atoms with E-state index in [0.29, 0.717) is 12.8 Å². The Balaban J connectivity index is 2.74. The zero-order valence-electron chi connectivity index (χ0n) is 9.61. The quantitative estimate of drug-likeness (QED) is 0.801. The summed E-state index contributed by atoms with van der Waals surface area (Å²) in [5, 5.41) is 9.54. The van der Waals surface area contributed by atoms with Gasteiger partial charge in [-0.1, -0.05) is 13.0 Å². The number of hydrogen-bond acceptors (Lipinski definition) is 3. The van der Waals surface area contributed by atoms with Crippen LogP contribution in [0.25, 0.3) is 0 Å². The Kier molecular flexibility index (Phi) is 4.71. The minimum atomic E-state index is -0.531. The van der Waals surface area contributed by atoms with E-state index in [1.807, 2.05) is 6.92 Å². The smallest absolute Gasteiger partial charge is 0.165 e. The number of methoxy groups -OCH3 is 1. The van der Waals surface area contributed by atoms with Gasteiger partial charge in [0.15, 0.2) is 11.6 Å². The molecular weight excluding hydrogens is 209 g/mol. The van der Waals surface area contributed by atoms with Gasteiger partial charge >= 0.3 is 0 Å². The molecular formula is C12H18FNO2. The zero-order valence-corrected chi connectivity index (χ0v) is 9.61. The maximum Gasteiger partial charge on any atom is 0.165 e. The Bertz CT molecular complexity index is 344. The molecule has 0 spiro atoms. The van der Waals surface area contributed by atoms with E-state index in [4.69, 9.17) is 10.5 Å². The van der Waals surface area contributed by atoms with Gasteiger partial charge in [0.1, 0.15) is 0 Å². The van der Waals surface area contributed by atoms with E-state index in [-0.39, 0.29) is 11.8 Å². The largest absolute Gasteiger partial charge is 0.494 e. The highest BCUT2D eigenvalue weighted by atomic mass is 19.1. The van der Waals surface area contributed by atoms with Crippen LogP contribution in [0.1, 0.15) is 18.9 Å². The lowest BCUT2D eigenvalue weighted by atomic mass is 10.0. The van der Waals surface area contributed by atoms with Gasteiger partial charge in [-0.05, 0) is 30.5 Å². The lowest BCUT2D eigenvalue weighted by molar-refractivity contribution is 0.140. The van der Waals surface area contributed by atoms with Crippen LogP contribution >= 0.6 is 0 Å². The monoisotopic (exact) mass is 227 g/mol. The summed E-state index contributed by atoms with van der Waals surface area (Å²) < 4.78 is 18.0. The Labute approximate surface area is 95.0 Å². The van der Waals surface area contributed by atoms with Crippen molar-refractivity contribution in [3.63, 3.8) is 0 Å². The number of nitrogens with two attached hydrogens (primary N) is 1. The summed E-state index contributed by atoms with van der Waals surface area (Å²) in [5.41, 5.74) is 6.66. The molecule has 3 nitrogen and oxygen atoms in total. The average Bonchev–Trinajstić information content (AvgIpc) is 2.30. The maximum atomic E-state index is 13.1. The van der Waals surface area contributed by atoms with E-state index in [9.17, 15) is 9.50 Å². The first-order chi connectivity index (χ1) is 7.58. The standard InChI is InChI=1S/C12H18FNO2/c1-3-11(15)10(14)6-8-4-5-9(13)12(7-8)16-2/h4-5,7,10-11,15H,3,6,14H2,1-2H3. The third-order valence-corrected chi connectivity index (χ3v) is 2.60. The predicted molar refractivity (Wildman–Crippen MR) is 60.9 cm³/mol. The van der Waals surface area contributed by atoms with Crippen LogP contribution in [0.3, 0.4) is 0 Å². The van der Waals surface area contributed by atoms with E-state index < -0.39 is 11.9 Å². The molecule has 0 amide bonds. The number of halogens is 1. The highest BCUT2D eigenvalue weighted by Crippen LogP contribution is 2.19. The fourth-order valence-electron chi connectivity index (χ4n) is 1.54. The van der Waals surface area contributed by atoms with Crippen molar-refractivity contribution in [3.8, 4) is 5.75 Å². The van der Waals surface area contributed by atoms with Crippen LogP contribution in [0.4, 0.5) is 4.39 Å². The third kappa shape index (κ3) is 3.18. The number of aliphatic hydroxyl groups is 1. The van der Waals surface area contributed by atoms with Gasteiger partial charge in [0.2, 0.25) is 0 Å². The Morgan fingerprint density at radius 2 is 2.19 bits per heavy atom. The molecule has 2 unspecified atom stereocenters. The lowest BCUT2D eigenvalue weighted by Crippen LogP contribution is -2.36. The Morgan fingerprint density at radius 3 is 2.75 bits per heavy atom. The molecule has 0 aliphatic heterocycles. The van der Waals surface area contributed by atoms with Gasteiger partial charge in [0, 0.05) is 6.04 Å². The molecule has 0 aliphatic rings. The van der Waals surface area contributed by atoms with Crippen molar-refractivity contribution >= 4 is 0 Å². The van der Waals surface area contributed by atoms with Gasteiger partial charge in [0.25, 0.3) is 0 Å². The summed E-state index contributed by atoms with van der Waals surface area (Å²) >= 11 is 0. The van der Waals surface area contributed by atoms with Crippen LogP contribution in [0.2, 0.25) is 0 Å². The van der Waals surface area contributed by atoms with Gasteiger partial charge < -0.3 is 15.6 Å². The van der Waals surface area contributed by atoms with Crippen molar-refractivity contribution in [2.75, 3.05) is 7.11 Å². The fourth-order valence-corrected chi connectivity index (χ4v) is 1.54. The second kappa shape index (κ2) is 5.82. The highest BCUT2D eigenvalue weighted by Gasteiger charge is 2.14. The molecule has 0 bridgehead atoms. The SMILES string of the molecule is CCC(O)C(N)Cc1ccc(F)c(OC)c1. The van der Waals surface area contributed by atoms with Gasteiger partial charge in [-0.25, -0.2) is 4.39 Å². The number of ether oxygens (including phenoxy) is 1. The van der Waals surface area contributed by atoms with Crippen LogP contribution in [0, 0.1) is 5.82 Å². The van der Waals surface area contributed by atoms with Crippen molar-refractivity contribution in [1.29, 1.82) is 0 Å². The van der Waals surface area contributed by atoms with Crippen LogP contribution < -0.4 is 10.5 Å². The molecule has 0 heterocycles. The van der Waals surface area contributed by atoms with E-state index in [2.05, 4.69) is 0 Å². The van der Waals surface area contributed by atoms with Crippen molar-refractivity contribution in [1.82, 2.24) is 0 Å². The molecule has 3 N–H and O–H groups in total. The summed E-state index contributed by atoms with van der Waals surface area (Å²) in [6, 6.07) is 4.27. The van der Waals surface area contributed by atoms with Crippen molar-refractivity contribution < 1.29 is 14.2 Å². The maximum absolute atomic E-state index is 13.1. The molecule has 0 saturated heterocycles. The molecule has 2 atom stereocenters. The summed E-state index contributed by atoms with van der Waals surface area (Å²) in [5.74, 6) is -0.188. The Morgan fingerprint density at radius 1 is 1.50 bits per heavy atom. The first kappa shape index (κ1) is 12.9. The molecule has 1 rings (SSSR count). The van der Waals surface area contributed by atoms with Crippen molar-refractivity contribution in [3.05, 3.63) is 29.6 Å². The molecule has 16 heavy (non-hydrogen) atoms. The van der Waals surface area contributed by atoms with E-state index in [1.54, 1.807) is 12.1 Å². The zero-order chi connectivity index (χ0) is 12.1. The van der Waals surface area contributed by atoms with Crippen molar-refractivity contribution in [2.45, 2.75) is 31.9 Å². The van der Waals surface area contributed by atoms with E-state index >= 15 is 0 Å². The van der Waals surface area contributed by atoms with Gasteiger partial charge in [-0.3, -0.25) is 0 Å². The van der Waals surface area contributed by atoms with Gasteiger partial charge in [0.05, 0.1) is 13.2 Å². The van der Waals surface area contributed by atoms with E-state index in [0.717, 1.165) is 5.56 Å². The summed E-state index contributed by atoms with van der Waals surface area (Å²) in [4.78, 5) is 0. The molecule has 4 heteroatoms. The van der Waals surface area contributed by atoms with Crippen LogP contribution in [-0.2, 0) is 6.42 Å². The summed E-state index contributed by atoms with van der Waals surface area (Å²) in [6.45, 7) is 1.87. The number of hydrogen-bond donors (Lipinski definition) is 2. The molecule has 1 aromatic carbocycles. The molecule has 0 fully saturated rings. The first-order valence-electron chi connectivity index (χ1n) is 5.34. The molecule has 0 aromatic heterocycles. The second-order valence-electron chi connectivity index (χ2n) is 3.81. The minimum absolute atomic E-state index is 0.204. The summed E-state index contributed by atoms with van der Waals surface area (Å²) in [6.07, 6.45) is 0.585. The molecule has 0 radical (unpaired) electrons. The van der Waals surface area contributed by atoms with Gasteiger partial charge in [-0.15, -0.1) is 0 Å². The number of rotatable bonds is 5. The molecule has 1 aromatic rings. The predicted octanol–water partition coefficient (Wildman–Crippen LogP) is 1.47. The molecule has 0 aliphatic carbocycles. The normalized spacial score (nSPS) is 14.6. The first-order valence-corrected chi connectivity index (χ1v) is 5.34. The van der Waals surface area contributed by atoms with Crippen molar-refractivity contribution in [2.24, 2.45) is 5.73 Å². The second-order valence-corrected chi connectivity index (χ2v) is 3.81. The minimum Gasteiger partial charge on any atom is -0.494 e. The number of aliphatic hydroxyl groups excluding tert-OH is 1. The van der Waals surface area contributed by atoms with Crippen LogP contribution in [-0.4, -0.2) is 24.4 Å². The van der Waals surface area contributed by atoms with Crippen LogP contribution in [0.15, 0.2) is 18.2 Å². The average molecular weight is 227 g/mol. The summed E-state index contributed by atoms with van der Waals surface area (Å²) in [7, 11) is 1.42. The van der Waals surface area contributed by atoms with Crippen LogP contribution in [0.5, 0.6) is 5.75 Å². The van der Waals surface area contributed by atoms with E-state index in [1.165, 1.54) is 13.2 Å². The number of benzene rings is 1. The topological polar surface area (TPSA) is 55.5 Å². The van der Waals surface area contributed by atoms with Gasteiger partial charge in [-0.2, -0.15) is 0 Å². The highest BCUT2D eigenvalue weighted by molar-refractivity contribution is 5.30. The lowest BCUT2D eigenvalue weighted by Gasteiger charge is -2.17. The Hall–Kier alpha value is -1.13. The molecule has 0 saturated carbocycles. The third-order valence-electron chi connectivity index (χ3n) is 2.60.